The van der Waals surface area contributed by atoms with Crippen LogP contribution in [0.1, 0.15) is 137 Å². The van der Waals surface area contributed by atoms with Crippen LogP contribution >= 0.6 is 0 Å². The summed E-state index contributed by atoms with van der Waals surface area (Å²) in [7, 11) is 0. The van der Waals surface area contributed by atoms with Crippen molar-refractivity contribution < 1.29 is 24.9 Å². The van der Waals surface area contributed by atoms with Crippen molar-refractivity contribution in [2.45, 2.75) is 143 Å². The molecule has 0 atom stereocenters. The van der Waals surface area contributed by atoms with Gasteiger partial charge in [-0.1, -0.05) is 96.8 Å². The fourth-order valence-corrected chi connectivity index (χ4v) is 2.65. The second kappa shape index (κ2) is 31.0. The van der Waals surface area contributed by atoms with Gasteiger partial charge in [0.1, 0.15) is 0 Å². The van der Waals surface area contributed by atoms with Gasteiger partial charge in [-0.15, -0.1) is 0 Å². The zero-order chi connectivity index (χ0) is 23.0. The van der Waals surface area contributed by atoms with E-state index in [0.29, 0.717) is 6.42 Å². The summed E-state index contributed by atoms with van der Waals surface area (Å²) in [6.45, 7) is 8.58. The minimum Gasteiger partial charge on any atom is -0.481 e. The number of unbranched alkanes of at least 4 members (excludes halogenated alkanes) is 14. The average molecular weight is 453 g/mol. The molecule has 0 aliphatic heterocycles. The second-order valence-corrected chi connectivity index (χ2v) is 8.78. The first-order chi connectivity index (χ1) is 13.5. The monoisotopic (exact) mass is 452 g/mol. The predicted octanol–water partition coefficient (Wildman–Crippen LogP) is 7.52. The molecule has 0 unspecified atom stereocenters. The van der Waals surface area contributed by atoms with Crippen LogP contribution in [0.4, 0.5) is 0 Å². The van der Waals surface area contributed by atoms with Crippen LogP contribution in [0.2, 0.25) is 0 Å². The van der Waals surface area contributed by atoms with E-state index in [1.54, 1.807) is 20.8 Å². The third kappa shape index (κ3) is 82.8. The van der Waals surface area contributed by atoms with Crippen LogP contribution in [0.25, 0.3) is 0 Å². The molecule has 0 aliphatic carbocycles. The smallest absolute Gasteiger partial charge is 0.303 e. The van der Waals surface area contributed by atoms with Crippen molar-refractivity contribution in [3.8, 4) is 0 Å². The molecule has 0 heterocycles. The average Bonchev–Trinajstić information content (AvgIpc) is 2.56. The highest BCUT2D eigenvalue weighted by molar-refractivity contribution is 5.66. The van der Waals surface area contributed by atoms with Crippen molar-refractivity contribution in [2.75, 3.05) is 0 Å². The van der Waals surface area contributed by atoms with E-state index in [9.17, 15) is 4.79 Å². The Morgan fingerprint density at radius 1 is 0.613 bits per heavy atom. The Bertz CT molecular complexity index is 348. The molecule has 7 heteroatoms. The lowest BCUT2D eigenvalue weighted by Crippen LogP contribution is -2.10. The van der Waals surface area contributed by atoms with Crippen LogP contribution in [0.3, 0.4) is 0 Å². The predicted molar refractivity (Wildman–Crippen MR) is 133 cm³/mol. The lowest BCUT2D eigenvalue weighted by molar-refractivity contribution is -0.137. The van der Waals surface area contributed by atoms with Crippen molar-refractivity contribution in [3.63, 3.8) is 0 Å². The van der Waals surface area contributed by atoms with Gasteiger partial charge >= 0.3 is 5.97 Å². The minimum atomic E-state index is -0.833. The van der Waals surface area contributed by atoms with Crippen molar-refractivity contribution in [1.82, 2.24) is 12.3 Å². The summed E-state index contributed by atoms with van der Waals surface area (Å²) < 4.78 is 0. The van der Waals surface area contributed by atoms with Crippen LogP contribution in [0.15, 0.2) is 0 Å². The molecule has 0 amide bonds. The SMILES string of the molecule is CC(=O)O.CC(C)(C)O.CCCCCCCCCCCCCCCCCC(=O)O.N.N. The number of carboxylic acids is 2. The Labute approximate surface area is 192 Å². The van der Waals surface area contributed by atoms with Crippen LogP contribution < -0.4 is 12.3 Å². The van der Waals surface area contributed by atoms with Gasteiger partial charge in [0.25, 0.3) is 5.97 Å². The van der Waals surface area contributed by atoms with E-state index in [1.807, 2.05) is 0 Å². The summed E-state index contributed by atoms with van der Waals surface area (Å²) in [5.74, 6) is -1.49. The quantitative estimate of drug-likeness (QED) is 0.151. The number of hydrogen-bond acceptors (Lipinski definition) is 5. The third-order valence-corrected chi connectivity index (χ3v) is 3.99. The Morgan fingerprint density at radius 2 is 0.806 bits per heavy atom. The molecule has 0 fully saturated rings. The van der Waals surface area contributed by atoms with Gasteiger partial charge in [0.15, 0.2) is 0 Å². The highest BCUT2D eigenvalue weighted by atomic mass is 16.4. The van der Waals surface area contributed by atoms with Crippen LogP contribution in [0, 0.1) is 0 Å². The first-order valence-corrected chi connectivity index (χ1v) is 11.6. The maximum Gasteiger partial charge on any atom is 0.303 e. The van der Waals surface area contributed by atoms with E-state index in [2.05, 4.69) is 6.92 Å². The van der Waals surface area contributed by atoms with Crippen molar-refractivity contribution >= 4 is 11.9 Å². The molecule has 0 rings (SSSR count). The summed E-state index contributed by atoms with van der Waals surface area (Å²) in [5, 5.41) is 24.5. The number of rotatable bonds is 16. The van der Waals surface area contributed by atoms with Crippen molar-refractivity contribution in [2.24, 2.45) is 0 Å². The molecule has 0 saturated heterocycles. The van der Waals surface area contributed by atoms with Gasteiger partial charge in [-0.2, -0.15) is 0 Å². The highest BCUT2D eigenvalue weighted by Gasteiger charge is 1.98. The Morgan fingerprint density at radius 3 is 1.00 bits per heavy atom. The van der Waals surface area contributed by atoms with Crippen molar-refractivity contribution in [1.29, 1.82) is 0 Å². The van der Waals surface area contributed by atoms with Gasteiger partial charge in [0.05, 0.1) is 5.60 Å². The summed E-state index contributed by atoms with van der Waals surface area (Å²) in [6.07, 6.45) is 20.2. The highest BCUT2D eigenvalue weighted by Crippen LogP contribution is 2.13. The van der Waals surface area contributed by atoms with E-state index in [4.69, 9.17) is 20.1 Å². The van der Waals surface area contributed by atoms with Crippen LogP contribution in [-0.2, 0) is 9.59 Å². The molecule has 0 spiro atoms. The second-order valence-electron chi connectivity index (χ2n) is 8.78. The molecule has 192 valence electrons. The van der Waals surface area contributed by atoms with Crippen LogP contribution in [0.5, 0.6) is 0 Å². The topological polar surface area (TPSA) is 165 Å². The lowest BCUT2D eigenvalue weighted by atomic mass is 10.0. The normalized spacial score (nSPS) is 9.74. The molecule has 7 nitrogen and oxygen atoms in total. The number of carboxylic acid groups (broad SMARTS) is 2. The molecule has 0 radical (unpaired) electrons. The Kier molecular flexibility index (Phi) is 40.2. The number of hydrogen-bond donors (Lipinski definition) is 5. The molecule has 31 heavy (non-hydrogen) atoms. The molecule has 0 aromatic carbocycles. The fraction of sp³-hybridized carbons (Fsp3) is 0.917. The molecular weight excluding hydrogens is 396 g/mol. The van der Waals surface area contributed by atoms with Crippen molar-refractivity contribution in [3.05, 3.63) is 0 Å². The maximum absolute atomic E-state index is 10.3. The summed E-state index contributed by atoms with van der Waals surface area (Å²) in [6, 6.07) is 0. The number of carbonyl (C=O) groups is 2. The largest absolute Gasteiger partial charge is 0.481 e. The van der Waals surface area contributed by atoms with Gasteiger partial charge < -0.3 is 27.6 Å². The molecular formula is C24H56N2O5. The Hall–Kier alpha value is -1.18. The zero-order valence-corrected chi connectivity index (χ0v) is 21.4. The first-order valence-electron chi connectivity index (χ1n) is 11.6. The Balaban J connectivity index is -0.000000173. The molecule has 0 aromatic rings. The standard InChI is InChI=1S/C18H36O2.C4H10O.C2H4O2.2H3N/c1-2-3-4-5-6-7-8-9-10-11-12-13-14-15-16-17-18(19)20;1-4(2,3)5;1-2(3)4;;/h2-17H2,1H3,(H,19,20);5H,1-3H3;1H3,(H,3,4);2*1H3. The summed E-state index contributed by atoms with van der Waals surface area (Å²) in [4.78, 5) is 19.3. The van der Waals surface area contributed by atoms with Gasteiger partial charge in [-0.05, 0) is 27.2 Å². The van der Waals surface area contributed by atoms with E-state index in [-0.39, 0.29) is 12.3 Å². The first kappa shape index (κ1) is 40.2. The fourth-order valence-electron chi connectivity index (χ4n) is 2.65. The maximum atomic E-state index is 10.3. The summed E-state index contributed by atoms with van der Waals surface area (Å²) >= 11 is 0. The van der Waals surface area contributed by atoms with Gasteiger partial charge in [-0.25, -0.2) is 0 Å². The number of aliphatic carboxylic acids is 2. The summed E-state index contributed by atoms with van der Waals surface area (Å²) in [5.41, 5.74) is -0.500. The zero-order valence-electron chi connectivity index (χ0n) is 21.4. The molecule has 0 saturated carbocycles. The van der Waals surface area contributed by atoms with Gasteiger partial charge in [0, 0.05) is 13.3 Å². The number of aliphatic hydroxyl groups is 1. The van der Waals surface area contributed by atoms with Gasteiger partial charge in [-0.3, -0.25) is 9.59 Å². The van der Waals surface area contributed by atoms with E-state index in [1.165, 1.54) is 83.5 Å². The molecule has 0 bridgehead atoms. The molecule has 0 aromatic heterocycles. The molecule has 9 N–H and O–H groups in total. The minimum absolute atomic E-state index is 0. The van der Waals surface area contributed by atoms with Gasteiger partial charge in [0.2, 0.25) is 0 Å². The van der Waals surface area contributed by atoms with Crippen LogP contribution in [-0.4, -0.2) is 32.9 Å². The van der Waals surface area contributed by atoms with E-state index >= 15 is 0 Å². The third-order valence-electron chi connectivity index (χ3n) is 3.99. The van der Waals surface area contributed by atoms with E-state index < -0.39 is 17.5 Å². The molecule has 0 aliphatic rings. The lowest BCUT2D eigenvalue weighted by Gasteiger charge is -2.04. The van der Waals surface area contributed by atoms with E-state index in [0.717, 1.165) is 19.8 Å².